The molecular weight excluding hydrogens is 368 g/mol. The zero-order valence-corrected chi connectivity index (χ0v) is 15.0. The molecule has 2 aromatic rings. The fourth-order valence-corrected chi connectivity index (χ4v) is 3.98. The Kier molecular flexibility index (Phi) is 5.26. The SMILES string of the molecule is C[C@H](NS(=O)(=O)c1ccc([N+](=O)[O-])cc1)c1ccc(S(C)(=O)=O)cc1. The number of nitrogens with one attached hydrogen (secondary N) is 1. The molecule has 0 saturated carbocycles. The molecule has 0 fully saturated rings. The van der Waals surface area contributed by atoms with Crippen molar-refractivity contribution in [3.8, 4) is 0 Å². The van der Waals surface area contributed by atoms with Crippen LogP contribution in [0.25, 0.3) is 0 Å². The Hall–Kier alpha value is -2.30. The summed E-state index contributed by atoms with van der Waals surface area (Å²) in [4.78, 5) is 10.0. The van der Waals surface area contributed by atoms with Crippen molar-refractivity contribution in [3.05, 3.63) is 64.2 Å². The Morgan fingerprint density at radius 3 is 1.84 bits per heavy atom. The molecule has 0 saturated heterocycles. The first kappa shape index (κ1) is 19.0. The highest BCUT2D eigenvalue weighted by Gasteiger charge is 2.20. The van der Waals surface area contributed by atoms with E-state index in [2.05, 4.69) is 4.72 Å². The summed E-state index contributed by atoms with van der Waals surface area (Å²) in [7, 11) is -7.21. The Morgan fingerprint density at radius 1 is 0.920 bits per heavy atom. The van der Waals surface area contributed by atoms with Gasteiger partial charge in [-0.15, -0.1) is 0 Å². The van der Waals surface area contributed by atoms with E-state index in [1.807, 2.05) is 0 Å². The maximum atomic E-state index is 12.3. The van der Waals surface area contributed by atoms with E-state index in [1.54, 1.807) is 6.92 Å². The number of sulfone groups is 1. The Morgan fingerprint density at radius 2 is 1.40 bits per heavy atom. The van der Waals surface area contributed by atoms with E-state index in [-0.39, 0.29) is 15.5 Å². The highest BCUT2D eigenvalue weighted by molar-refractivity contribution is 7.90. The van der Waals surface area contributed by atoms with Crippen molar-refractivity contribution in [2.45, 2.75) is 22.8 Å². The third-order valence-electron chi connectivity index (χ3n) is 3.50. The lowest BCUT2D eigenvalue weighted by molar-refractivity contribution is -0.384. The van der Waals surface area contributed by atoms with Crippen molar-refractivity contribution in [2.24, 2.45) is 0 Å². The number of rotatable bonds is 6. The summed E-state index contributed by atoms with van der Waals surface area (Å²) in [5.41, 5.74) is 0.376. The number of hydrogen-bond donors (Lipinski definition) is 1. The standard InChI is InChI=1S/C15H16N2O6S2/c1-11(12-3-7-14(8-4-12)24(2,20)21)16-25(22,23)15-9-5-13(6-10-15)17(18)19/h3-11,16H,1-2H3/t11-/m0/s1. The molecule has 0 amide bonds. The zero-order chi connectivity index (χ0) is 18.8. The first-order valence-electron chi connectivity index (χ1n) is 7.07. The summed E-state index contributed by atoms with van der Waals surface area (Å²) in [6.45, 7) is 1.61. The Balaban J connectivity index is 2.20. The van der Waals surface area contributed by atoms with Gasteiger partial charge in [0.15, 0.2) is 9.84 Å². The molecule has 0 heterocycles. The molecule has 1 atom stereocenters. The molecule has 0 radical (unpaired) electrons. The van der Waals surface area contributed by atoms with Crippen LogP contribution in [0.4, 0.5) is 5.69 Å². The van der Waals surface area contributed by atoms with Crippen LogP contribution in [-0.4, -0.2) is 28.0 Å². The minimum atomic E-state index is -3.88. The number of benzene rings is 2. The summed E-state index contributed by atoms with van der Waals surface area (Å²) in [6.07, 6.45) is 1.09. The predicted octanol–water partition coefficient (Wildman–Crippen LogP) is 2.04. The highest BCUT2D eigenvalue weighted by Crippen LogP contribution is 2.20. The van der Waals surface area contributed by atoms with Crippen LogP contribution in [0.2, 0.25) is 0 Å². The Bertz CT molecular complexity index is 981. The second kappa shape index (κ2) is 6.90. The van der Waals surface area contributed by atoms with Crippen LogP contribution in [0.15, 0.2) is 58.3 Å². The molecule has 0 spiro atoms. The number of nitro benzene ring substituents is 1. The minimum Gasteiger partial charge on any atom is -0.258 e. The zero-order valence-electron chi connectivity index (χ0n) is 13.4. The van der Waals surface area contributed by atoms with Gasteiger partial charge in [-0.25, -0.2) is 21.6 Å². The van der Waals surface area contributed by atoms with Gasteiger partial charge in [0.05, 0.1) is 14.7 Å². The number of hydrogen-bond acceptors (Lipinski definition) is 6. The average molecular weight is 384 g/mol. The lowest BCUT2D eigenvalue weighted by Gasteiger charge is -2.15. The first-order chi connectivity index (χ1) is 11.5. The molecule has 0 aliphatic rings. The van der Waals surface area contributed by atoms with Crippen molar-refractivity contribution >= 4 is 25.5 Å². The number of non-ortho nitro benzene ring substituents is 1. The van der Waals surface area contributed by atoms with Gasteiger partial charge in [-0.05, 0) is 36.8 Å². The molecule has 134 valence electrons. The van der Waals surface area contributed by atoms with Crippen molar-refractivity contribution in [3.63, 3.8) is 0 Å². The van der Waals surface area contributed by atoms with E-state index < -0.39 is 30.8 Å². The fraction of sp³-hybridized carbons (Fsp3) is 0.200. The van der Waals surface area contributed by atoms with E-state index in [1.165, 1.54) is 24.3 Å². The molecule has 10 heteroatoms. The van der Waals surface area contributed by atoms with Crippen molar-refractivity contribution in [1.29, 1.82) is 0 Å². The predicted molar refractivity (Wildman–Crippen MR) is 91.4 cm³/mol. The molecule has 0 bridgehead atoms. The minimum absolute atomic E-state index is 0.0993. The smallest absolute Gasteiger partial charge is 0.258 e. The molecule has 1 N–H and O–H groups in total. The first-order valence-corrected chi connectivity index (χ1v) is 10.4. The largest absolute Gasteiger partial charge is 0.269 e. The molecule has 0 aliphatic carbocycles. The van der Waals surface area contributed by atoms with Gasteiger partial charge in [0.2, 0.25) is 10.0 Å². The summed E-state index contributed by atoms with van der Waals surface area (Å²) < 4.78 is 50.0. The average Bonchev–Trinajstić information content (AvgIpc) is 2.54. The van der Waals surface area contributed by atoms with Crippen LogP contribution in [0.5, 0.6) is 0 Å². The van der Waals surface area contributed by atoms with Gasteiger partial charge in [0, 0.05) is 24.4 Å². The molecule has 0 aliphatic heterocycles. The van der Waals surface area contributed by atoms with Crippen LogP contribution >= 0.6 is 0 Å². The molecule has 8 nitrogen and oxygen atoms in total. The normalized spacial score (nSPS) is 13.4. The van der Waals surface area contributed by atoms with Crippen LogP contribution in [0, 0.1) is 10.1 Å². The topological polar surface area (TPSA) is 123 Å². The molecule has 25 heavy (non-hydrogen) atoms. The van der Waals surface area contributed by atoms with Gasteiger partial charge in [-0.2, -0.15) is 0 Å². The third-order valence-corrected chi connectivity index (χ3v) is 6.18. The molecule has 0 unspecified atom stereocenters. The monoisotopic (exact) mass is 384 g/mol. The maximum Gasteiger partial charge on any atom is 0.269 e. The van der Waals surface area contributed by atoms with Gasteiger partial charge >= 0.3 is 0 Å². The molecule has 2 rings (SSSR count). The van der Waals surface area contributed by atoms with Gasteiger partial charge in [0.1, 0.15) is 0 Å². The van der Waals surface area contributed by atoms with Gasteiger partial charge < -0.3 is 0 Å². The molecule has 2 aromatic carbocycles. The number of nitro groups is 1. The number of sulfonamides is 1. The van der Waals surface area contributed by atoms with Gasteiger partial charge in [-0.1, -0.05) is 12.1 Å². The lowest BCUT2D eigenvalue weighted by atomic mass is 10.1. The van der Waals surface area contributed by atoms with E-state index in [0.29, 0.717) is 5.56 Å². The van der Waals surface area contributed by atoms with E-state index in [0.717, 1.165) is 30.5 Å². The van der Waals surface area contributed by atoms with E-state index in [4.69, 9.17) is 0 Å². The van der Waals surface area contributed by atoms with Gasteiger partial charge in [-0.3, -0.25) is 10.1 Å². The summed E-state index contributed by atoms with van der Waals surface area (Å²) in [6, 6.07) is 9.77. The quantitative estimate of drug-likeness (QED) is 0.600. The van der Waals surface area contributed by atoms with E-state index in [9.17, 15) is 26.9 Å². The number of nitrogens with zero attached hydrogens (tertiary/aromatic N) is 1. The second-order valence-corrected chi connectivity index (χ2v) is 9.16. The summed E-state index contributed by atoms with van der Waals surface area (Å²) in [5, 5.41) is 10.6. The second-order valence-electron chi connectivity index (χ2n) is 5.44. The van der Waals surface area contributed by atoms with Crippen molar-refractivity contribution < 1.29 is 21.8 Å². The lowest BCUT2D eigenvalue weighted by Crippen LogP contribution is -2.26. The highest BCUT2D eigenvalue weighted by atomic mass is 32.2. The summed E-state index contributed by atoms with van der Waals surface area (Å²) >= 11 is 0. The van der Waals surface area contributed by atoms with E-state index >= 15 is 0 Å². The fourth-order valence-electron chi connectivity index (χ4n) is 2.12. The van der Waals surface area contributed by atoms with Crippen LogP contribution in [0.1, 0.15) is 18.5 Å². The Labute approximate surface area is 145 Å². The van der Waals surface area contributed by atoms with Crippen LogP contribution in [0.3, 0.4) is 0 Å². The van der Waals surface area contributed by atoms with Crippen LogP contribution < -0.4 is 4.72 Å². The maximum absolute atomic E-state index is 12.3. The molecular formula is C15H16N2O6S2. The third kappa shape index (κ3) is 4.62. The van der Waals surface area contributed by atoms with Crippen molar-refractivity contribution in [1.82, 2.24) is 4.72 Å². The van der Waals surface area contributed by atoms with Gasteiger partial charge in [0.25, 0.3) is 5.69 Å². The van der Waals surface area contributed by atoms with Crippen molar-refractivity contribution in [2.75, 3.05) is 6.26 Å². The van der Waals surface area contributed by atoms with Crippen LogP contribution in [-0.2, 0) is 19.9 Å². The molecule has 0 aromatic heterocycles. The summed E-state index contributed by atoms with van der Waals surface area (Å²) in [5.74, 6) is 0.